The molecule has 102 valence electrons. The zero-order chi connectivity index (χ0) is 14.0. The number of rotatable bonds is 2. The quantitative estimate of drug-likeness (QED) is 0.502. The molecule has 2 N–H and O–H groups in total. The summed E-state index contributed by atoms with van der Waals surface area (Å²) in [5, 5.41) is 10.7. The van der Waals surface area contributed by atoms with E-state index in [0.717, 1.165) is 12.8 Å². The minimum Gasteiger partial charge on any atom is -0.398 e. The average molecular weight is 263 g/mol. The summed E-state index contributed by atoms with van der Waals surface area (Å²) in [4.78, 5) is 24.3. The number of nitrogens with two attached hydrogens (primary N) is 1. The molecule has 0 spiro atoms. The van der Waals surface area contributed by atoms with Crippen LogP contribution in [0, 0.1) is 16.0 Å². The van der Waals surface area contributed by atoms with Crippen molar-refractivity contribution in [2.24, 2.45) is 5.92 Å². The van der Waals surface area contributed by atoms with Crippen LogP contribution in [-0.2, 0) is 0 Å². The zero-order valence-electron chi connectivity index (χ0n) is 10.8. The van der Waals surface area contributed by atoms with Gasteiger partial charge in [-0.15, -0.1) is 0 Å². The number of hydrogen-bond acceptors (Lipinski definition) is 4. The van der Waals surface area contributed by atoms with Gasteiger partial charge in [-0.3, -0.25) is 14.9 Å². The van der Waals surface area contributed by atoms with Gasteiger partial charge in [0, 0.05) is 30.9 Å². The number of nitrogens with zero attached hydrogens (tertiary/aromatic N) is 2. The molecule has 0 atom stereocenters. The van der Waals surface area contributed by atoms with Gasteiger partial charge in [-0.25, -0.2) is 0 Å². The molecule has 1 heterocycles. The van der Waals surface area contributed by atoms with Crippen LogP contribution in [0.2, 0.25) is 0 Å². The number of anilines is 1. The van der Waals surface area contributed by atoms with Crippen LogP contribution in [0.15, 0.2) is 18.2 Å². The Labute approximate surface area is 111 Å². The van der Waals surface area contributed by atoms with E-state index in [-0.39, 0.29) is 22.8 Å². The molecule has 0 aromatic heterocycles. The van der Waals surface area contributed by atoms with Crippen molar-refractivity contribution in [2.45, 2.75) is 19.8 Å². The summed E-state index contributed by atoms with van der Waals surface area (Å²) in [6, 6.07) is 3.98. The highest BCUT2D eigenvalue weighted by atomic mass is 16.6. The van der Waals surface area contributed by atoms with E-state index in [1.165, 1.54) is 18.2 Å². The van der Waals surface area contributed by atoms with Crippen LogP contribution in [0.1, 0.15) is 30.1 Å². The Balaban J connectivity index is 2.23. The Bertz CT molecular complexity index is 508. The van der Waals surface area contributed by atoms with Gasteiger partial charge in [0.25, 0.3) is 11.6 Å². The molecule has 0 bridgehead atoms. The van der Waals surface area contributed by atoms with Crippen molar-refractivity contribution < 1.29 is 9.72 Å². The molecular formula is C13H17N3O3. The standard InChI is InChI=1S/C13H17N3O3/c1-9-4-6-15(7-5-9)13(17)11-8-10(16(18)19)2-3-12(11)14/h2-3,8-9H,4-7,14H2,1H3. The van der Waals surface area contributed by atoms with Crippen LogP contribution < -0.4 is 5.73 Å². The topological polar surface area (TPSA) is 89.5 Å². The van der Waals surface area contributed by atoms with Gasteiger partial charge in [0.1, 0.15) is 0 Å². The molecule has 6 nitrogen and oxygen atoms in total. The SMILES string of the molecule is CC1CCN(C(=O)c2cc([N+](=O)[O-])ccc2N)CC1. The highest BCUT2D eigenvalue weighted by Gasteiger charge is 2.24. The van der Waals surface area contributed by atoms with Gasteiger partial charge in [0.2, 0.25) is 0 Å². The first-order chi connectivity index (χ1) is 8.99. The summed E-state index contributed by atoms with van der Waals surface area (Å²) in [7, 11) is 0. The summed E-state index contributed by atoms with van der Waals surface area (Å²) >= 11 is 0. The number of likely N-dealkylation sites (tertiary alicyclic amines) is 1. The molecule has 19 heavy (non-hydrogen) atoms. The van der Waals surface area contributed by atoms with E-state index in [4.69, 9.17) is 5.73 Å². The van der Waals surface area contributed by atoms with E-state index in [2.05, 4.69) is 6.92 Å². The van der Waals surface area contributed by atoms with E-state index in [9.17, 15) is 14.9 Å². The fourth-order valence-corrected chi connectivity index (χ4v) is 2.23. The lowest BCUT2D eigenvalue weighted by Gasteiger charge is -2.30. The Morgan fingerprint density at radius 3 is 2.63 bits per heavy atom. The maximum atomic E-state index is 12.3. The molecule has 0 aliphatic carbocycles. The van der Waals surface area contributed by atoms with Gasteiger partial charge in [0.05, 0.1) is 10.5 Å². The molecule has 1 saturated heterocycles. The molecule has 1 aromatic carbocycles. The Morgan fingerprint density at radius 2 is 2.05 bits per heavy atom. The average Bonchev–Trinajstić information content (AvgIpc) is 2.39. The number of piperidine rings is 1. The van der Waals surface area contributed by atoms with E-state index in [1.807, 2.05) is 0 Å². The lowest BCUT2D eigenvalue weighted by Crippen LogP contribution is -2.38. The number of benzene rings is 1. The first-order valence-corrected chi connectivity index (χ1v) is 6.32. The molecule has 1 aliphatic rings. The molecule has 6 heteroatoms. The normalized spacial score (nSPS) is 16.4. The van der Waals surface area contributed by atoms with E-state index in [1.54, 1.807) is 4.90 Å². The van der Waals surface area contributed by atoms with Crippen molar-refractivity contribution in [3.05, 3.63) is 33.9 Å². The van der Waals surface area contributed by atoms with Crippen LogP contribution in [0.25, 0.3) is 0 Å². The van der Waals surface area contributed by atoms with Crippen LogP contribution >= 0.6 is 0 Å². The maximum Gasteiger partial charge on any atom is 0.270 e. The number of carbonyl (C=O) groups excluding carboxylic acids is 1. The van der Waals surface area contributed by atoms with Gasteiger partial charge in [-0.05, 0) is 24.8 Å². The highest BCUT2D eigenvalue weighted by molar-refractivity contribution is 5.99. The lowest BCUT2D eigenvalue weighted by molar-refractivity contribution is -0.384. The first kappa shape index (κ1) is 13.3. The molecule has 1 aliphatic heterocycles. The summed E-state index contributed by atoms with van der Waals surface area (Å²) in [6.07, 6.45) is 1.92. The Kier molecular flexibility index (Phi) is 3.69. The second kappa shape index (κ2) is 5.26. The fraction of sp³-hybridized carbons (Fsp3) is 0.462. The number of nitro benzene ring substituents is 1. The van der Waals surface area contributed by atoms with Crippen molar-refractivity contribution in [2.75, 3.05) is 18.8 Å². The second-order valence-corrected chi connectivity index (χ2v) is 5.00. The number of amides is 1. The zero-order valence-corrected chi connectivity index (χ0v) is 10.8. The number of nitrogen functional groups attached to an aromatic ring is 1. The van der Waals surface area contributed by atoms with E-state index < -0.39 is 4.92 Å². The van der Waals surface area contributed by atoms with Crippen LogP contribution in [0.5, 0.6) is 0 Å². The third-order valence-electron chi connectivity index (χ3n) is 3.55. The fourth-order valence-electron chi connectivity index (χ4n) is 2.23. The van der Waals surface area contributed by atoms with Crippen molar-refractivity contribution >= 4 is 17.3 Å². The smallest absolute Gasteiger partial charge is 0.270 e. The largest absolute Gasteiger partial charge is 0.398 e. The monoisotopic (exact) mass is 263 g/mol. The van der Waals surface area contributed by atoms with E-state index >= 15 is 0 Å². The first-order valence-electron chi connectivity index (χ1n) is 6.32. The minimum absolute atomic E-state index is 0.108. The number of nitro groups is 1. The van der Waals surface area contributed by atoms with Crippen LogP contribution in [0.3, 0.4) is 0 Å². The minimum atomic E-state index is -0.519. The molecule has 0 unspecified atom stereocenters. The van der Waals surface area contributed by atoms with Crippen LogP contribution in [-0.4, -0.2) is 28.8 Å². The summed E-state index contributed by atoms with van der Waals surface area (Å²) in [5.74, 6) is 0.402. The maximum absolute atomic E-state index is 12.3. The number of hydrogen-bond donors (Lipinski definition) is 1. The lowest BCUT2D eigenvalue weighted by atomic mass is 9.98. The third kappa shape index (κ3) is 2.83. The Hall–Kier alpha value is -2.11. The highest BCUT2D eigenvalue weighted by Crippen LogP contribution is 2.24. The summed E-state index contributed by atoms with van der Waals surface area (Å²) in [5.41, 5.74) is 6.16. The summed E-state index contributed by atoms with van der Waals surface area (Å²) in [6.45, 7) is 3.52. The molecular weight excluding hydrogens is 246 g/mol. The van der Waals surface area contributed by atoms with Crippen molar-refractivity contribution in [1.82, 2.24) is 4.90 Å². The van der Waals surface area contributed by atoms with Gasteiger partial charge >= 0.3 is 0 Å². The van der Waals surface area contributed by atoms with Crippen molar-refractivity contribution in [3.63, 3.8) is 0 Å². The van der Waals surface area contributed by atoms with Gasteiger partial charge < -0.3 is 10.6 Å². The van der Waals surface area contributed by atoms with Gasteiger partial charge in [-0.1, -0.05) is 6.92 Å². The van der Waals surface area contributed by atoms with Crippen LogP contribution in [0.4, 0.5) is 11.4 Å². The molecule has 1 amide bonds. The molecule has 0 saturated carbocycles. The molecule has 2 rings (SSSR count). The predicted octanol–water partition coefficient (Wildman–Crippen LogP) is 2.05. The third-order valence-corrected chi connectivity index (χ3v) is 3.55. The molecule has 1 aromatic rings. The Morgan fingerprint density at radius 1 is 1.42 bits per heavy atom. The summed E-state index contributed by atoms with van der Waals surface area (Å²) < 4.78 is 0. The van der Waals surface area contributed by atoms with Crippen molar-refractivity contribution in [1.29, 1.82) is 0 Å². The van der Waals surface area contributed by atoms with Gasteiger partial charge in [-0.2, -0.15) is 0 Å². The predicted molar refractivity (Wildman–Crippen MR) is 71.8 cm³/mol. The second-order valence-electron chi connectivity index (χ2n) is 5.00. The molecule has 0 radical (unpaired) electrons. The number of non-ortho nitro benzene ring substituents is 1. The number of carbonyl (C=O) groups is 1. The molecule has 1 fully saturated rings. The van der Waals surface area contributed by atoms with E-state index in [0.29, 0.717) is 19.0 Å². The van der Waals surface area contributed by atoms with Gasteiger partial charge in [0.15, 0.2) is 0 Å². The van der Waals surface area contributed by atoms with Crippen molar-refractivity contribution in [3.8, 4) is 0 Å².